The molecule has 5 heteroatoms. The Hall–Kier alpha value is -1.56. The second kappa shape index (κ2) is 6.05. The first kappa shape index (κ1) is 14.4. The van der Waals surface area contributed by atoms with Crippen molar-refractivity contribution in [3.8, 4) is 5.75 Å². The molecule has 0 amide bonds. The van der Waals surface area contributed by atoms with Crippen LogP contribution in [0.5, 0.6) is 5.75 Å². The molecule has 0 aliphatic carbocycles. The number of para-hydroxylation sites is 1. The molecule has 0 saturated carbocycles. The first-order chi connectivity index (χ1) is 10.2. The summed E-state index contributed by atoms with van der Waals surface area (Å²) in [7, 11) is 0. The van der Waals surface area contributed by atoms with Gasteiger partial charge in [0, 0.05) is 16.6 Å². The van der Waals surface area contributed by atoms with Crippen LogP contribution in [0.15, 0.2) is 40.9 Å². The maximum absolute atomic E-state index is 6.06. The van der Waals surface area contributed by atoms with Crippen molar-refractivity contribution < 1.29 is 4.74 Å². The summed E-state index contributed by atoms with van der Waals surface area (Å²) in [5.41, 5.74) is 13.1. The second-order valence-corrected chi connectivity index (χ2v) is 6.12. The minimum Gasteiger partial charge on any atom is -0.493 e. The Balaban J connectivity index is 1.94. The minimum absolute atomic E-state index is 0.0474. The van der Waals surface area contributed by atoms with Crippen molar-refractivity contribution in [2.75, 3.05) is 12.3 Å². The fourth-order valence-electron chi connectivity index (χ4n) is 2.80. The van der Waals surface area contributed by atoms with E-state index in [2.05, 4.69) is 33.5 Å². The molecule has 2 aromatic rings. The fraction of sp³-hybridized carbons (Fsp3) is 0.250. The Morgan fingerprint density at radius 1 is 1.29 bits per heavy atom. The third-order valence-corrected chi connectivity index (χ3v) is 4.28. The molecular weight excluding hydrogens is 330 g/mol. The van der Waals surface area contributed by atoms with E-state index in [1.165, 1.54) is 5.56 Å². The van der Waals surface area contributed by atoms with E-state index in [1.54, 1.807) is 0 Å². The predicted octanol–water partition coefficient (Wildman–Crippen LogP) is 2.71. The number of ether oxygens (including phenoxy) is 1. The number of anilines is 1. The first-order valence-electron chi connectivity index (χ1n) is 6.93. The molecule has 5 N–H and O–H groups in total. The van der Waals surface area contributed by atoms with Crippen molar-refractivity contribution in [1.82, 2.24) is 5.43 Å². The number of halogens is 1. The van der Waals surface area contributed by atoms with Crippen LogP contribution in [0.2, 0.25) is 0 Å². The summed E-state index contributed by atoms with van der Waals surface area (Å²) < 4.78 is 6.84. The first-order valence-corrected chi connectivity index (χ1v) is 7.73. The number of hydrazine groups is 1. The van der Waals surface area contributed by atoms with Gasteiger partial charge in [0.15, 0.2) is 0 Å². The van der Waals surface area contributed by atoms with E-state index in [1.807, 2.05) is 24.3 Å². The maximum atomic E-state index is 6.06. The van der Waals surface area contributed by atoms with Gasteiger partial charge in [0.2, 0.25) is 0 Å². The van der Waals surface area contributed by atoms with Crippen LogP contribution in [0.4, 0.5) is 5.69 Å². The lowest BCUT2D eigenvalue weighted by atomic mass is 9.96. The van der Waals surface area contributed by atoms with Gasteiger partial charge in [-0.25, -0.2) is 0 Å². The van der Waals surface area contributed by atoms with Gasteiger partial charge < -0.3 is 10.5 Å². The zero-order valence-electron chi connectivity index (χ0n) is 11.6. The van der Waals surface area contributed by atoms with E-state index >= 15 is 0 Å². The summed E-state index contributed by atoms with van der Waals surface area (Å²) in [5.74, 6) is 6.74. The zero-order chi connectivity index (χ0) is 14.8. The number of nitrogen functional groups attached to an aromatic ring is 1. The highest BCUT2D eigenvalue weighted by Gasteiger charge is 2.21. The highest BCUT2D eigenvalue weighted by molar-refractivity contribution is 9.10. The van der Waals surface area contributed by atoms with Gasteiger partial charge in [-0.1, -0.05) is 34.1 Å². The highest BCUT2D eigenvalue weighted by atomic mass is 79.9. The largest absolute Gasteiger partial charge is 0.493 e. The number of rotatable bonds is 4. The lowest BCUT2D eigenvalue weighted by molar-refractivity contribution is 0.351. The smallest absolute Gasteiger partial charge is 0.125 e. The molecule has 0 fully saturated rings. The predicted molar refractivity (Wildman–Crippen MR) is 88.0 cm³/mol. The van der Waals surface area contributed by atoms with Gasteiger partial charge in [-0.2, -0.15) is 0 Å². The summed E-state index contributed by atoms with van der Waals surface area (Å²) in [5, 5.41) is 0. The van der Waals surface area contributed by atoms with E-state index < -0.39 is 0 Å². The van der Waals surface area contributed by atoms with Crippen LogP contribution >= 0.6 is 15.9 Å². The third kappa shape index (κ3) is 2.90. The Bertz CT molecular complexity index is 660. The summed E-state index contributed by atoms with van der Waals surface area (Å²) in [4.78, 5) is 0. The number of hydrogen-bond donors (Lipinski definition) is 3. The average Bonchev–Trinajstić information content (AvgIpc) is 2.93. The van der Waals surface area contributed by atoms with Crippen LogP contribution < -0.4 is 21.7 Å². The fourth-order valence-corrected chi connectivity index (χ4v) is 3.36. The summed E-state index contributed by atoms with van der Waals surface area (Å²) in [6, 6.07) is 11.9. The van der Waals surface area contributed by atoms with Crippen LogP contribution in [0.3, 0.4) is 0 Å². The number of fused-ring (bicyclic) bond motifs is 1. The topological polar surface area (TPSA) is 73.3 Å². The normalized spacial score (nSPS) is 14.6. The SMILES string of the molecule is NNC(Cc1cc(Br)cc2c1OCC2)c1ccccc1N. The van der Waals surface area contributed by atoms with Crippen molar-refractivity contribution in [2.45, 2.75) is 18.9 Å². The van der Waals surface area contributed by atoms with Crippen LogP contribution in [-0.4, -0.2) is 6.61 Å². The molecule has 1 aliphatic heterocycles. The lowest BCUT2D eigenvalue weighted by Crippen LogP contribution is -2.30. The number of nitrogens with one attached hydrogen (secondary N) is 1. The summed E-state index contributed by atoms with van der Waals surface area (Å²) in [6.07, 6.45) is 1.68. The molecule has 0 saturated heterocycles. The van der Waals surface area contributed by atoms with Crippen LogP contribution in [0.25, 0.3) is 0 Å². The van der Waals surface area contributed by atoms with E-state index in [0.717, 1.165) is 46.5 Å². The van der Waals surface area contributed by atoms with Gasteiger partial charge in [0.25, 0.3) is 0 Å². The molecule has 4 nitrogen and oxygen atoms in total. The Kier molecular flexibility index (Phi) is 4.14. The highest BCUT2D eigenvalue weighted by Crippen LogP contribution is 2.35. The van der Waals surface area contributed by atoms with Crippen molar-refractivity contribution in [1.29, 1.82) is 0 Å². The molecule has 0 radical (unpaired) electrons. The Morgan fingerprint density at radius 3 is 2.86 bits per heavy atom. The monoisotopic (exact) mass is 347 g/mol. The average molecular weight is 348 g/mol. The number of hydrogen-bond acceptors (Lipinski definition) is 4. The van der Waals surface area contributed by atoms with E-state index in [-0.39, 0.29) is 6.04 Å². The molecule has 21 heavy (non-hydrogen) atoms. The quantitative estimate of drug-likeness (QED) is 0.451. The van der Waals surface area contributed by atoms with E-state index in [9.17, 15) is 0 Å². The van der Waals surface area contributed by atoms with E-state index in [0.29, 0.717) is 0 Å². The van der Waals surface area contributed by atoms with E-state index in [4.69, 9.17) is 16.3 Å². The molecule has 2 aromatic carbocycles. The zero-order valence-corrected chi connectivity index (χ0v) is 13.2. The third-order valence-electron chi connectivity index (χ3n) is 3.82. The molecule has 1 unspecified atom stereocenters. The van der Waals surface area contributed by atoms with Gasteiger partial charge in [-0.05, 0) is 41.3 Å². The molecular formula is C16H18BrN3O. The molecule has 1 heterocycles. The summed E-state index contributed by atoms with van der Waals surface area (Å²) in [6.45, 7) is 0.743. The van der Waals surface area contributed by atoms with Gasteiger partial charge >= 0.3 is 0 Å². The number of benzene rings is 2. The molecule has 0 aromatic heterocycles. The molecule has 0 spiro atoms. The molecule has 110 valence electrons. The Labute approximate surface area is 132 Å². The van der Waals surface area contributed by atoms with Gasteiger partial charge in [0.05, 0.1) is 12.6 Å². The van der Waals surface area contributed by atoms with Crippen LogP contribution in [-0.2, 0) is 12.8 Å². The number of nitrogens with two attached hydrogens (primary N) is 2. The van der Waals surface area contributed by atoms with Gasteiger partial charge in [-0.15, -0.1) is 0 Å². The van der Waals surface area contributed by atoms with Crippen LogP contribution in [0.1, 0.15) is 22.7 Å². The van der Waals surface area contributed by atoms with Gasteiger partial charge in [-0.3, -0.25) is 11.3 Å². The van der Waals surface area contributed by atoms with Crippen molar-refractivity contribution in [3.05, 3.63) is 57.6 Å². The van der Waals surface area contributed by atoms with Crippen molar-refractivity contribution >= 4 is 21.6 Å². The van der Waals surface area contributed by atoms with Gasteiger partial charge in [0.1, 0.15) is 5.75 Å². The maximum Gasteiger partial charge on any atom is 0.125 e. The molecule has 1 aliphatic rings. The lowest BCUT2D eigenvalue weighted by Gasteiger charge is -2.20. The second-order valence-electron chi connectivity index (χ2n) is 5.20. The summed E-state index contributed by atoms with van der Waals surface area (Å²) >= 11 is 3.57. The standard InChI is InChI=1S/C16H18BrN3O/c17-12-7-10-5-6-21-16(10)11(8-12)9-15(20-19)13-3-1-2-4-14(13)18/h1-4,7-8,15,20H,5-6,9,18-19H2. The molecule has 3 rings (SSSR count). The van der Waals surface area contributed by atoms with Crippen molar-refractivity contribution in [3.63, 3.8) is 0 Å². The van der Waals surface area contributed by atoms with Crippen molar-refractivity contribution in [2.24, 2.45) is 5.84 Å². The minimum atomic E-state index is -0.0474. The molecule has 0 bridgehead atoms. The van der Waals surface area contributed by atoms with Crippen LogP contribution in [0, 0.1) is 0 Å². The molecule has 1 atom stereocenters. The Morgan fingerprint density at radius 2 is 2.10 bits per heavy atom.